The summed E-state index contributed by atoms with van der Waals surface area (Å²) in [4.78, 5) is 36.2. The molecule has 25 heavy (non-hydrogen) atoms. The van der Waals surface area contributed by atoms with Crippen LogP contribution in [0.3, 0.4) is 0 Å². The van der Waals surface area contributed by atoms with Gasteiger partial charge in [0.1, 0.15) is 6.61 Å². The van der Waals surface area contributed by atoms with Gasteiger partial charge < -0.3 is 20.1 Å². The maximum Gasteiger partial charge on any atom is 0.329 e. The number of benzene rings is 1. The van der Waals surface area contributed by atoms with Crippen molar-refractivity contribution in [3.05, 3.63) is 35.4 Å². The third kappa shape index (κ3) is 5.58. The zero-order chi connectivity index (χ0) is 18.2. The summed E-state index contributed by atoms with van der Waals surface area (Å²) < 4.78 is 5.22. The van der Waals surface area contributed by atoms with E-state index in [1.807, 2.05) is 6.07 Å². The standard InChI is InChI=1S/C17H19N3O5/c18-9-12-1-3-13(4-2-12)17(24)19-10-15(21)20-7-5-14(6-8-20)25-11-16(22)23/h1-4,14H,5-8,10-11H2,(H,19,24)(H,22,23). The quantitative estimate of drug-likeness (QED) is 0.769. The molecule has 0 atom stereocenters. The summed E-state index contributed by atoms with van der Waals surface area (Å²) in [6.45, 7) is 0.491. The van der Waals surface area contributed by atoms with Gasteiger partial charge >= 0.3 is 5.97 Å². The molecule has 1 aromatic carbocycles. The first-order valence-corrected chi connectivity index (χ1v) is 7.89. The summed E-state index contributed by atoms with van der Waals surface area (Å²) in [6, 6.07) is 8.11. The summed E-state index contributed by atoms with van der Waals surface area (Å²) in [7, 11) is 0. The summed E-state index contributed by atoms with van der Waals surface area (Å²) in [6.07, 6.45) is 0.985. The lowest BCUT2D eigenvalue weighted by molar-refractivity contribution is -0.146. The smallest absolute Gasteiger partial charge is 0.329 e. The van der Waals surface area contributed by atoms with Gasteiger partial charge in [-0.1, -0.05) is 0 Å². The summed E-state index contributed by atoms with van der Waals surface area (Å²) in [5.41, 5.74) is 0.841. The summed E-state index contributed by atoms with van der Waals surface area (Å²) >= 11 is 0. The summed E-state index contributed by atoms with van der Waals surface area (Å²) in [5.74, 6) is -1.58. The number of carboxylic acids is 1. The number of hydrogen-bond acceptors (Lipinski definition) is 5. The maximum absolute atomic E-state index is 12.1. The van der Waals surface area contributed by atoms with Crippen LogP contribution in [0.25, 0.3) is 0 Å². The number of hydrogen-bond donors (Lipinski definition) is 2. The van der Waals surface area contributed by atoms with Crippen LogP contribution in [0.1, 0.15) is 28.8 Å². The number of aliphatic carboxylic acids is 1. The molecule has 0 aliphatic carbocycles. The van der Waals surface area contributed by atoms with E-state index in [0.717, 1.165) is 0 Å². The average Bonchev–Trinajstić information content (AvgIpc) is 2.64. The predicted octanol–water partition coefficient (Wildman–Crippen LogP) is 0.380. The number of carboxylic acid groups (broad SMARTS) is 1. The van der Waals surface area contributed by atoms with E-state index >= 15 is 0 Å². The minimum Gasteiger partial charge on any atom is -0.480 e. The van der Waals surface area contributed by atoms with Gasteiger partial charge in [-0.25, -0.2) is 4.79 Å². The Morgan fingerprint density at radius 2 is 1.88 bits per heavy atom. The molecular weight excluding hydrogens is 326 g/mol. The van der Waals surface area contributed by atoms with Gasteiger partial charge in [0.2, 0.25) is 5.91 Å². The van der Waals surface area contributed by atoms with E-state index in [4.69, 9.17) is 15.1 Å². The number of nitrogens with zero attached hydrogens (tertiary/aromatic N) is 2. The van der Waals surface area contributed by atoms with Crippen LogP contribution in [0.4, 0.5) is 0 Å². The fourth-order valence-electron chi connectivity index (χ4n) is 2.53. The second-order valence-corrected chi connectivity index (χ2v) is 5.66. The van der Waals surface area contributed by atoms with Crippen molar-refractivity contribution in [3.8, 4) is 6.07 Å². The Morgan fingerprint density at radius 1 is 1.24 bits per heavy atom. The van der Waals surface area contributed by atoms with Gasteiger partial charge in [-0.3, -0.25) is 9.59 Å². The molecule has 0 aromatic heterocycles. The van der Waals surface area contributed by atoms with E-state index in [1.165, 1.54) is 12.1 Å². The van der Waals surface area contributed by atoms with Crippen molar-refractivity contribution in [3.63, 3.8) is 0 Å². The zero-order valence-electron chi connectivity index (χ0n) is 13.6. The highest BCUT2D eigenvalue weighted by molar-refractivity contribution is 5.96. The van der Waals surface area contributed by atoms with Crippen molar-refractivity contribution in [1.29, 1.82) is 5.26 Å². The van der Waals surface area contributed by atoms with Crippen LogP contribution in [-0.4, -0.2) is 60.1 Å². The molecule has 1 aliphatic rings. The molecule has 0 spiro atoms. The number of nitrogens with one attached hydrogen (secondary N) is 1. The maximum atomic E-state index is 12.1. The van der Waals surface area contributed by atoms with Gasteiger partial charge in [-0.05, 0) is 37.1 Å². The highest BCUT2D eigenvalue weighted by atomic mass is 16.5. The van der Waals surface area contributed by atoms with Crippen LogP contribution < -0.4 is 5.32 Å². The summed E-state index contributed by atoms with van der Waals surface area (Å²) in [5, 5.41) is 19.9. The second-order valence-electron chi connectivity index (χ2n) is 5.66. The molecule has 1 aliphatic heterocycles. The lowest BCUT2D eigenvalue weighted by Gasteiger charge is -2.31. The Labute approximate surface area is 145 Å². The van der Waals surface area contributed by atoms with Crippen molar-refractivity contribution in [2.45, 2.75) is 18.9 Å². The number of rotatable bonds is 6. The van der Waals surface area contributed by atoms with Crippen molar-refractivity contribution < 1.29 is 24.2 Å². The van der Waals surface area contributed by atoms with Crippen LogP contribution in [0.5, 0.6) is 0 Å². The van der Waals surface area contributed by atoms with Crippen molar-refractivity contribution in [2.75, 3.05) is 26.2 Å². The fourth-order valence-corrected chi connectivity index (χ4v) is 2.53. The number of likely N-dealkylation sites (tertiary alicyclic amines) is 1. The molecule has 8 heteroatoms. The fraction of sp³-hybridized carbons (Fsp3) is 0.412. The number of ether oxygens (including phenoxy) is 1. The molecular formula is C17H19N3O5. The van der Waals surface area contributed by atoms with E-state index in [2.05, 4.69) is 5.32 Å². The van der Waals surface area contributed by atoms with E-state index < -0.39 is 5.97 Å². The van der Waals surface area contributed by atoms with E-state index in [-0.39, 0.29) is 31.1 Å². The highest BCUT2D eigenvalue weighted by Crippen LogP contribution is 2.13. The molecule has 1 aromatic rings. The van der Waals surface area contributed by atoms with Crippen molar-refractivity contribution in [1.82, 2.24) is 10.2 Å². The lowest BCUT2D eigenvalue weighted by Crippen LogP contribution is -2.45. The topological polar surface area (TPSA) is 120 Å². The molecule has 0 radical (unpaired) electrons. The van der Waals surface area contributed by atoms with Crippen molar-refractivity contribution in [2.24, 2.45) is 0 Å². The number of amides is 2. The highest BCUT2D eigenvalue weighted by Gasteiger charge is 2.23. The SMILES string of the molecule is N#Cc1ccc(C(=O)NCC(=O)N2CCC(OCC(=O)O)CC2)cc1. The largest absolute Gasteiger partial charge is 0.480 e. The first-order valence-electron chi connectivity index (χ1n) is 7.89. The zero-order valence-corrected chi connectivity index (χ0v) is 13.6. The van der Waals surface area contributed by atoms with Gasteiger partial charge in [-0.2, -0.15) is 5.26 Å². The third-order valence-corrected chi connectivity index (χ3v) is 3.91. The molecule has 2 N–H and O–H groups in total. The Bertz CT molecular complexity index is 673. The minimum absolute atomic E-state index is 0.112. The van der Waals surface area contributed by atoms with Crippen LogP contribution >= 0.6 is 0 Å². The number of carbonyl (C=O) groups is 3. The first-order chi connectivity index (χ1) is 12.0. The van der Waals surface area contributed by atoms with Gasteiger partial charge in [0.15, 0.2) is 0 Å². The van der Waals surface area contributed by atoms with E-state index in [9.17, 15) is 14.4 Å². The number of piperidine rings is 1. The molecule has 8 nitrogen and oxygen atoms in total. The monoisotopic (exact) mass is 345 g/mol. The van der Waals surface area contributed by atoms with Gasteiger partial charge in [0.05, 0.1) is 24.3 Å². The Kier molecular flexibility index (Phi) is 6.48. The molecule has 1 fully saturated rings. The number of nitriles is 1. The van der Waals surface area contributed by atoms with Crippen molar-refractivity contribution >= 4 is 17.8 Å². The van der Waals surface area contributed by atoms with Gasteiger partial charge in [0.25, 0.3) is 5.91 Å². The van der Waals surface area contributed by atoms with Crippen LogP contribution in [0.15, 0.2) is 24.3 Å². The van der Waals surface area contributed by atoms with Crippen LogP contribution in [0, 0.1) is 11.3 Å². The third-order valence-electron chi connectivity index (χ3n) is 3.91. The molecule has 2 rings (SSSR count). The van der Waals surface area contributed by atoms with E-state index in [0.29, 0.717) is 37.1 Å². The minimum atomic E-state index is -1.01. The second kappa shape index (κ2) is 8.80. The Balaban J connectivity index is 1.74. The normalized spacial score (nSPS) is 14.6. The molecule has 132 valence electrons. The van der Waals surface area contributed by atoms with Gasteiger partial charge in [-0.15, -0.1) is 0 Å². The Morgan fingerprint density at radius 3 is 2.44 bits per heavy atom. The average molecular weight is 345 g/mol. The molecule has 1 saturated heterocycles. The lowest BCUT2D eigenvalue weighted by atomic mass is 10.1. The Hall–Kier alpha value is -2.92. The van der Waals surface area contributed by atoms with Crippen LogP contribution in [-0.2, 0) is 14.3 Å². The van der Waals surface area contributed by atoms with E-state index in [1.54, 1.807) is 17.0 Å². The predicted molar refractivity (Wildman–Crippen MR) is 86.7 cm³/mol. The molecule has 0 bridgehead atoms. The molecule has 0 unspecified atom stereocenters. The van der Waals surface area contributed by atoms with Gasteiger partial charge in [0, 0.05) is 18.7 Å². The molecule has 2 amide bonds. The molecule has 1 heterocycles. The van der Waals surface area contributed by atoms with Crippen LogP contribution in [0.2, 0.25) is 0 Å². The molecule has 0 saturated carbocycles. The first kappa shape index (κ1) is 18.4. The number of carbonyl (C=O) groups excluding carboxylic acids is 2.